The normalized spacial score (nSPS) is 20.7. The molecule has 1 amide bonds. The lowest BCUT2D eigenvalue weighted by molar-refractivity contribution is -0.116. The Morgan fingerprint density at radius 3 is 2.66 bits per heavy atom. The molecule has 0 bridgehead atoms. The number of carbonyl (C=O) groups is 1. The van der Waals surface area contributed by atoms with Crippen LogP contribution in [0, 0.1) is 5.82 Å². The molecular formula is C23H29FN4O3S. The number of nitrogens with zero attached hydrogens (tertiary/aromatic N) is 2. The SMILES string of the molecule is CC(=O)N1CCc2cc(S(=O)(=O)N(C)CCCC3CC(c4ccc(F)cc4)NN3)ccc21. The smallest absolute Gasteiger partial charge is 0.242 e. The van der Waals surface area contributed by atoms with Crippen LogP contribution in [0.15, 0.2) is 47.4 Å². The van der Waals surface area contributed by atoms with Gasteiger partial charge in [-0.25, -0.2) is 17.1 Å². The van der Waals surface area contributed by atoms with Crippen molar-refractivity contribution in [2.75, 3.05) is 25.0 Å². The Kier molecular flexibility index (Phi) is 6.62. The maximum atomic E-state index is 13.1. The molecule has 2 atom stereocenters. The third-order valence-corrected chi connectivity index (χ3v) is 8.17. The molecule has 0 radical (unpaired) electrons. The van der Waals surface area contributed by atoms with Crippen molar-refractivity contribution in [1.29, 1.82) is 0 Å². The monoisotopic (exact) mass is 460 g/mol. The van der Waals surface area contributed by atoms with Crippen molar-refractivity contribution in [1.82, 2.24) is 15.2 Å². The minimum absolute atomic E-state index is 0.0341. The van der Waals surface area contributed by atoms with Gasteiger partial charge in [-0.3, -0.25) is 15.6 Å². The highest BCUT2D eigenvalue weighted by Gasteiger charge is 2.28. The highest BCUT2D eigenvalue weighted by atomic mass is 32.2. The summed E-state index contributed by atoms with van der Waals surface area (Å²) in [5.74, 6) is -0.284. The molecule has 0 aromatic heterocycles. The number of sulfonamides is 1. The summed E-state index contributed by atoms with van der Waals surface area (Å²) >= 11 is 0. The number of fused-ring (bicyclic) bond motifs is 1. The molecule has 172 valence electrons. The van der Waals surface area contributed by atoms with Crippen LogP contribution in [-0.2, 0) is 21.2 Å². The predicted octanol–water partition coefficient (Wildman–Crippen LogP) is 2.74. The van der Waals surface area contributed by atoms with Gasteiger partial charge in [-0.15, -0.1) is 0 Å². The Morgan fingerprint density at radius 1 is 1.19 bits per heavy atom. The summed E-state index contributed by atoms with van der Waals surface area (Å²) in [4.78, 5) is 13.7. The van der Waals surface area contributed by atoms with Gasteiger partial charge in [0.15, 0.2) is 0 Å². The van der Waals surface area contributed by atoms with Gasteiger partial charge in [-0.1, -0.05) is 12.1 Å². The Balaban J connectivity index is 1.31. The zero-order valence-corrected chi connectivity index (χ0v) is 19.2. The van der Waals surface area contributed by atoms with Crippen molar-refractivity contribution in [3.05, 3.63) is 59.4 Å². The van der Waals surface area contributed by atoms with E-state index in [1.165, 1.54) is 23.4 Å². The van der Waals surface area contributed by atoms with Gasteiger partial charge in [0.05, 0.1) is 4.90 Å². The molecule has 7 nitrogen and oxygen atoms in total. The molecule has 2 aliphatic rings. The van der Waals surface area contributed by atoms with Crippen molar-refractivity contribution in [2.45, 2.75) is 49.6 Å². The summed E-state index contributed by atoms with van der Waals surface area (Å²) in [5.41, 5.74) is 9.22. The van der Waals surface area contributed by atoms with E-state index in [2.05, 4.69) is 10.9 Å². The van der Waals surface area contributed by atoms with Gasteiger partial charge in [-0.2, -0.15) is 0 Å². The van der Waals surface area contributed by atoms with E-state index >= 15 is 0 Å². The first-order valence-corrected chi connectivity index (χ1v) is 12.3. The lowest BCUT2D eigenvalue weighted by Crippen LogP contribution is -2.32. The minimum Gasteiger partial charge on any atom is -0.312 e. The van der Waals surface area contributed by atoms with Crippen LogP contribution in [0.3, 0.4) is 0 Å². The van der Waals surface area contributed by atoms with E-state index in [0.717, 1.165) is 29.7 Å². The topological polar surface area (TPSA) is 81.8 Å². The van der Waals surface area contributed by atoms with Crippen molar-refractivity contribution in [3.8, 4) is 0 Å². The van der Waals surface area contributed by atoms with E-state index in [4.69, 9.17) is 0 Å². The molecule has 2 aromatic rings. The van der Waals surface area contributed by atoms with Gasteiger partial charge in [0.1, 0.15) is 5.82 Å². The summed E-state index contributed by atoms with van der Waals surface area (Å²) in [6.45, 7) is 2.52. The molecule has 4 rings (SSSR count). The van der Waals surface area contributed by atoms with Crippen molar-refractivity contribution in [2.24, 2.45) is 0 Å². The Hall–Kier alpha value is -2.33. The van der Waals surface area contributed by atoms with Gasteiger partial charge in [0, 0.05) is 44.8 Å². The quantitative estimate of drug-likeness (QED) is 0.664. The third kappa shape index (κ3) is 4.71. The largest absolute Gasteiger partial charge is 0.312 e. The number of hydrogen-bond donors (Lipinski definition) is 2. The maximum absolute atomic E-state index is 13.1. The molecule has 2 N–H and O–H groups in total. The van der Waals surface area contributed by atoms with Gasteiger partial charge in [-0.05, 0) is 67.1 Å². The molecule has 1 fully saturated rings. The van der Waals surface area contributed by atoms with Gasteiger partial charge in [0.2, 0.25) is 15.9 Å². The Bertz CT molecular complexity index is 1090. The highest BCUT2D eigenvalue weighted by molar-refractivity contribution is 7.89. The predicted molar refractivity (Wildman–Crippen MR) is 121 cm³/mol. The zero-order chi connectivity index (χ0) is 22.9. The number of rotatable bonds is 7. The Morgan fingerprint density at radius 2 is 1.94 bits per heavy atom. The lowest BCUT2D eigenvalue weighted by Gasteiger charge is -2.19. The van der Waals surface area contributed by atoms with Gasteiger partial charge >= 0.3 is 0 Å². The minimum atomic E-state index is -3.59. The standard InChI is InChI=1S/C23H29FN4O3S/c1-16(29)28-13-11-18-14-21(9-10-23(18)28)32(30,31)27(2)12-3-4-20-15-22(26-25-20)17-5-7-19(24)8-6-17/h5-10,14,20,22,25-26H,3-4,11-13,15H2,1-2H3. The number of benzene rings is 2. The molecule has 2 aliphatic heterocycles. The zero-order valence-electron chi connectivity index (χ0n) is 18.3. The summed E-state index contributed by atoms with van der Waals surface area (Å²) in [5, 5.41) is 0. The Labute approximate surface area is 188 Å². The second kappa shape index (κ2) is 9.27. The first-order valence-electron chi connectivity index (χ1n) is 10.9. The fourth-order valence-corrected chi connectivity index (χ4v) is 5.71. The van der Waals surface area contributed by atoms with Crippen LogP contribution in [0.25, 0.3) is 0 Å². The van der Waals surface area contributed by atoms with E-state index in [1.54, 1.807) is 42.3 Å². The van der Waals surface area contributed by atoms with E-state index in [1.807, 2.05) is 0 Å². The van der Waals surface area contributed by atoms with Crippen molar-refractivity contribution >= 4 is 21.6 Å². The van der Waals surface area contributed by atoms with Crippen molar-refractivity contribution < 1.29 is 17.6 Å². The van der Waals surface area contributed by atoms with Crippen LogP contribution in [-0.4, -0.2) is 44.8 Å². The van der Waals surface area contributed by atoms with Crippen LogP contribution in [0.5, 0.6) is 0 Å². The second-order valence-corrected chi connectivity index (χ2v) is 10.6. The molecule has 9 heteroatoms. The molecule has 32 heavy (non-hydrogen) atoms. The average Bonchev–Trinajstić information content (AvgIpc) is 3.41. The highest BCUT2D eigenvalue weighted by Crippen LogP contribution is 2.31. The number of anilines is 1. The number of amides is 1. The number of hydrogen-bond acceptors (Lipinski definition) is 5. The molecule has 0 aliphatic carbocycles. The lowest BCUT2D eigenvalue weighted by atomic mass is 10.00. The molecule has 2 heterocycles. The summed E-state index contributed by atoms with van der Waals surface area (Å²) < 4.78 is 40.6. The molecule has 0 spiro atoms. The fourth-order valence-electron chi connectivity index (χ4n) is 4.45. The number of halogens is 1. The summed E-state index contributed by atoms with van der Waals surface area (Å²) in [6, 6.07) is 11.8. The van der Waals surface area contributed by atoms with Gasteiger partial charge in [0.25, 0.3) is 0 Å². The van der Waals surface area contributed by atoms with Crippen LogP contribution in [0.4, 0.5) is 10.1 Å². The molecule has 0 saturated carbocycles. The number of carbonyl (C=O) groups excluding carboxylic acids is 1. The second-order valence-electron chi connectivity index (χ2n) is 8.51. The van der Waals surface area contributed by atoms with E-state index in [0.29, 0.717) is 25.9 Å². The van der Waals surface area contributed by atoms with Crippen LogP contribution in [0.1, 0.15) is 43.4 Å². The first-order chi connectivity index (χ1) is 15.3. The molecule has 2 aromatic carbocycles. The van der Waals surface area contributed by atoms with Gasteiger partial charge < -0.3 is 4.90 Å². The number of hydrazine groups is 1. The molecular weight excluding hydrogens is 431 g/mol. The summed E-state index contributed by atoms with van der Waals surface area (Å²) in [7, 11) is -1.99. The van der Waals surface area contributed by atoms with Crippen LogP contribution < -0.4 is 15.8 Å². The molecule has 2 unspecified atom stereocenters. The summed E-state index contributed by atoms with van der Waals surface area (Å²) in [6.07, 6.45) is 3.06. The molecule has 1 saturated heterocycles. The van der Waals surface area contributed by atoms with E-state index in [-0.39, 0.29) is 28.7 Å². The first kappa shape index (κ1) is 22.8. The van der Waals surface area contributed by atoms with Crippen LogP contribution in [0.2, 0.25) is 0 Å². The van der Waals surface area contributed by atoms with E-state index < -0.39 is 10.0 Å². The maximum Gasteiger partial charge on any atom is 0.242 e. The average molecular weight is 461 g/mol. The van der Waals surface area contributed by atoms with Crippen molar-refractivity contribution in [3.63, 3.8) is 0 Å². The third-order valence-electron chi connectivity index (χ3n) is 6.31. The van der Waals surface area contributed by atoms with E-state index in [9.17, 15) is 17.6 Å². The van der Waals surface area contributed by atoms with Crippen LogP contribution >= 0.6 is 0 Å². The fraction of sp³-hybridized carbons (Fsp3) is 0.435. The number of nitrogens with one attached hydrogen (secondary N) is 2.